The van der Waals surface area contributed by atoms with Crippen LogP contribution in [-0.2, 0) is 12.5 Å². The molecular formula is C14H21N3. The summed E-state index contributed by atoms with van der Waals surface area (Å²) in [6, 6.07) is 6.36. The predicted molar refractivity (Wildman–Crippen MR) is 72.0 cm³/mol. The molecule has 3 nitrogen and oxygen atoms in total. The first kappa shape index (κ1) is 12.1. The molecule has 0 aliphatic rings. The lowest BCUT2D eigenvalue weighted by molar-refractivity contribution is 0.528. The molecule has 1 unspecified atom stereocenters. The van der Waals surface area contributed by atoms with Gasteiger partial charge in [-0.15, -0.1) is 0 Å². The SMILES string of the molecule is CC(N)c1ccc2nn(C)c(C(C)(C)C)c2c1. The third kappa shape index (κ3) is 2.07. The van der Waals surface area contributed by atoms with E-state index in [1.54, 1.807) is 0 Å². The van der Waals surface area contributed by atoms with Crippen molar-refractivity contribution in [2.45, 2.75) is 39.2 Å². The fraction of sp³-hybridized carbons (Fsp3) is 0.500. The third-order valence-corrected chi connectivity index (χ3v) is 3.09. The zero-order chi connectivity index (χ0) is 12.8. The number of aromatic nitrogens is 2. The van der Waals surface area contributed by atoms with Crippen LogP contribution in [0.25, 0.3) is 10.9 Å². The highest BCUT2D eigenvalue weighted by Gasteiger charge is 2.22. The first-order valence-electron chi connectivity index (χ1n) is 6.03. The highest BCUT2D eigenvalue weighted by Crippen LogP contribution is 2.30. The number of aryl methyl sites for hydroxylation is 1. The number of nitrogens with zero attached hydrogens (tertiary/aromatic N) is 2. The summed E-state index contributed by atoms with van der Waals surface area (Å²) < 4.78 is 1.98. The summed E-state index contributed by atoms with van der Waals surface area (Å²) in [4.78, 5) is 0. The van der Waals surface area contributed by atoms with E-state index in [2.05, 4.69) is 44.1 Å². The van der Waals surface area contributed by atoms with Crippen molar-refractivity contribution in [3.63, 3.8) is 0 Å². The molecule has 3 heteroatoms. The molecule has 0 spiro atoms. The number of fused-ring (bicyclic) bond motifs is 1. The maximum Gasteiger partial charge on any atom is 0.0926 e. The quantitative estimate of drug-likeness (QED) is 0.820. The number of hydrogen-bond acceptors (Lipinski definition) is 2. The fourth-order valence-electron chi connectivity index (χ4n) is 2.39. The van der Waals surface area contributed by atoms with Crippen molar-refractivity contribution in [1.29, 1.82) is 0 Å². The standard InChI is InChI=1S/C14H21N3/c1-9(15)10-6-7-12-11(8-10)13(14(2,3)4)17(5)16-12/h6-9H,15H2,1-5H3. The van der Waals surface area contributed by atoms with E-state index >= 15 is 0 Å². The normalized spacial score (nSPS) is 14.2. The van der Waals surface area contributed by atoms with Crippen molar-refractivity contribution in [2.75, 3.05) is 0 Å². The molecule has 1 atom stereocenters. The van der Waals surface area contributed by atoms with Crippen LogP contribution in [0, 0.1) is 0 Å². The van der Waals surface area contributed by atoms with Gasteiger partial charge < -0.3 is 5.73 Å². The third-order valence-electron chi connectivity index (χ3n) is 3.09. The summed E-state index contributed by atoms with van der Waals surface area (Å²) in [5.41, 5.74) is 9.49. The molecular weight excluding hydrogens is 210 g/mol. The fourth-order valence-corrected chi connectivity index (χ4v) is 2.39. The predicted octanol–water partition coefficient (Wildman–Crippen LogP) is 2.89. The zero-order valence-electron chi connectivity index (χ0n) is 11.3. The number of nitrogens with two attached hydrogens (primary N) is 1. The Hall–Kier alpha value is -1.35. The number of benzene rings is 1. The molecule has 0 bridgehead atoms. The van der Waals surface area contributed by atoms with Crippen LogP contribution >= 0.6 is 0 Å². The van der Waals surface area contributed by atoms with Gasteiger partial charge in [-0.1, -0.05) is 26.8 Å². The second-order valence-electron chi connectivity index (χ2n) is 5.79. The van der Waals surface area contributed by atoms with Crippen molar-refractivity contribution in [2.24, 2.45) is 12.8 Å². The van der Waals surface area contributed by atoms with Crippen molar-refractivity contribution in [1.82, 2.24) is 9.78 Å². The Morgan fingerprint density at radius 3 is 2.47 bits per heavy atom. The zero-order valence-corrected chi connectivity index (χ0v) is 11.3. The van der Waals surface area contributed by atoms with Gasteiger partial charge in [0.1, 0.15) is 0 Å². The van der Waals surface area contributed by atoms with Crippen LogP contribution in [-0.4, -0.2) is 9.78 Å². The average Bonchev–Trinajstić information content (AvgIpc) is 2.51. The molecule has 0 amide bonds. The van der Waals surface area contributed by atoms with Crippen molar-refractivity contribution < 1.29 is 0 Å². The topological polar surface area (TPSA) is 43.8 Å². The van der Waals surface area contributed by atoms with Crippen molar-refractivity contribution >= 4 is 10.9 Å². The first-order chi connectivity index (χ1) is 7.80. The summed E-state index contributed by atoms with van der Waals surface area (Å²) in [5.74, 6) is 0. The highest BCUT2D eigenvalue weighted by molar-refractivity contribution is 5.83. The van der Waals surface area contributed by atoms with Crippen molar-refractivity contribution in [3.05, 3.63) is 29.5 Å². The lowest BCUT2D eigenvalue weighted by Crippen LogP contribution is -2.16. The molecule has 1 heterocycles. The summed E-state index contributed by atoms with van der Waals surface area (Å²) >= 11 is 0. The molecule has 1 aromatic carbocycles. The van der Waals surface area contributed by atoms with E-state index < -0.39 is 0 Å². The lowest BCUT2D eigenvalue weighted by atomic mass is 9.89. The van der Waals surface area contributed by atoms with Gasteiger partial charge in [0.2, 0.25) is 0 Å². The van der Waals surface area contributed by atoms with E-state index in [9.17, 15) is 0 Å². The number of hydrogen-bond donors (Lipinski definition) is 1. The van der Waals surface area contributed by atoms with Crippen LogP contribution in [0.5, 0.6) is 0 Å². The molecule has 17 heavy (non-hydrogen) atoms. The van der Waals surface area contributed by atoms with Crippen LogP contribution in [0.15, 0.2) is 18.2 Å². The van der Waals surface area contributed by atoms with Crippen LogP contribution in [0.1, 0.15) is 45.0 Å². The second-order valence-corrected chi connectivity index (χ2v) is 5.79. The molecule has 0 saturated carbocycles. The van der Waals surface area contributed by atoms with E-state index in [0.29, 0.717) is 0 Å². The molecule has 92 valence electrons. The van der Waals surface area contributed by atoms with E-state index in [1.807, 2.05) is 18.7 Å². The molecule has 1 aromatic heterocycles. The lowest BCUT2D eigenvalue weighted by Gasteiger charge is -2.19. The molecule has 0 aliphatic carbocycles. The molecule has 2 N–H and O–H groups in total. The molecule has 0 radical (unpaired) electrons. The van der Waals surface area contributed by atoms with E-state index in [0.717, 1.165) is 11.1 Å². The summed E-state index contributed by atoms with van der Waals surface area (Å²) in [6.45, 7) is 8.64. The van der Waals surface area contributed by atoms with Crippen LogP contribution < -0.4 is 5.73 Å². The monoisotopic (exact) mass is 231 g/mol. The van der Waals surface area contributed by atoms with Crippen molar-refractivity contribution in [3.8, 4) is 0 Å². The van der Waals surface area contributed by atoms with E-state index in [4.69, 9.17) is 5.73 Å². The molecule has 0 aliphatic heterocycles. The summed E-state index contributed by atoms with van der Waals surface area (Å²) in [6.07, 6.45) is 0. The van der Waals surface area contributed by atoms with Gasteiger partial charge in [0, 0.05) is 23.9 Å². The Labute approximate surface area is 103 Å². The van der Waals surface area contributed by atoms with Gasteiger partial charge in [0.05, 0.1) is 11.2 Å². The maximum absolute atomic E-state index is 5.94. The average molecular weight is 231 g/mol. The van der Waals surface area contributed by atoms with Crippen LogP contribution in [0.4, 0.5) is 0 Å². The van der Waals surface area contributed by atoms with Gasteiger partial charge >= 0.3 is 0 Å². The van der Waals surface area contributed by atoms with Gasteiger partial charge in [-0.25, -0.2) is 0 Å². The Balaban J connectivity index is 2.74. The molecule has 2 rings (SSSR count). The minimum Gasteiger partial charge on any atom is -0.324 e. The largest absolute Gasteiger partial charge is 0.324 e. The van der Waals surface area contributed by atoms with Gasteiger partial charge in [0.25, 0.3) is 0 Å². The van der Waals surface area contributed by atoms with Gasteiger partial charge in [0.15, 0.2) is 0 Å². The second kappa shape index (κ2) is 3.84. The number of rotatable bonds is 1. The smallest absolute Gasteiger partial charge is 0.0926 e. The summed E-state index contributed by atoms with van der Waals surface area (Å²) in [5, 5.41) is 5.77. The summed E-state index contributed by atoms with van der Waals surface area (Å²) in [7, 11) is 2.01. The first-order valence-corrected chi connectivity index (χ1v) is 6.03. The minimum absolute atomic E-state index is 0.0624. The van der Waals surface area contributed by atoms with E-state index in [1.165, 1.54) is 11.1 Å². The molecule has 0 fully saturated rings. The van der Waals surface area contributed by atoms with Gasteiger partial charge in [-0.3, -0.25) is 4.68 Å². The Kier molecular flexibility index (Phi) is 2.74. The highest BCUT2D eigenvalue weighted by atomic mass is 15.3. The van der Waals surface area contributed by atoms with Gasteiger partial charge in [-0.05, 0) is 24.6 Å². The minimum atomic E-state index is 0.0624. The van der Waals surface area contributed by atoms with Crippen LogP contribution in [0.3, 0.4) is 0 Å². The Morgan fingerprint density at radius 1 is 1.29 bits per heavy atom. The van der Waals surface area contributed by atoms with Crippen LogP contribution in [0.2, 0.25) is 0 Å². The maximum atomic E-state index is 5.94. The van der Waals surface area contributed by atoms with E-state index in [-0.39, 0.29) is 11.5 Å². The Bertz CT molecular complexity index is 544. The molecule has 2 aromatic rings. The molecule has 0 saturated heterocycles. The Morgan fingerprint density at radius 2 is 1.94 bits per heavy atom. The van der Waals surface area contributed by atoms with Gasteiger partial charge in [-0.2, -0.15) is 5.10 Å².